The van der Waals surface area contributed by atoms with Gasteiger partial charge in [0.25, 0.3) is 0 Å². The molecule has 0 bridgehead atoms. The normalized spacial score (nSPS) is 36.5. The highest BCUT2D eigenvalue weighted by Gasteiger charge is 2.37. The molecule has 0 aromatic carbocycles. The molecule has 2 heterocycles. The van der Waals surface area contributed by atoms with Gasteiger partial charge in [-0.15, -0.1) is 0 Å². The first-order valence-corrected chi connectivity index (χ1v) is 7.34. The fraction of sp³-hybridized carbons (Fsp3) is 0.929. The van der Waals surface area contributed by atoms with Crippen LogP contribution in [0.3, 0.4) is 0 Å². The molecule has 0 radical (unpaired) electrons. The Labute approximate surface area is 104 Å². The van der Waals surface area contributed by atoms with Gasteiger partial charge in [0.2, 0.25) is 5.91 Å². The number of likely N-dealkylation sites (tertiary alicyclic amines) is 1. The van der Waals surface area contributed by atoms with Crippen molar-refractivity contribution in [2.45, 2.75) is 51.0 Å². The Bertz CT molecular complexity index is 274. The number of hydrogen-bond donors (Lipinski definition) is 1. The summed E-state index contributed by atoms with van der Waals surface area (Å²) in [5, 5.41) is 3.47. The van der Waals surface area contributed by atoms with Crippen LogP contribution in [0, 0.1) is 11.8 Å². The van der Waals surface area contributed by atoms with Crippen molar-refractivity contribution in [3.8, 4) is 0 Å². The van der Waals surface area contributed by atoms with E-state index < -0.39 is 0 Å². The maximum atomic E-state index is 12.1. The van der Waals surface area contributed by atoms with Crippen molar-refractivity contribution in [1.82, 2.24) is 10.2 Å². The van der Waals surface area contributed by atoms with Crippen LogP contribution < -0.4 is 5.32 Å². The van der Waals surface area contributed by atoms with Crippen molar-refractivity contribution in [1.29, 1.82) is 0 Å². The van der Waals surface area contributed by atoms with E-state index in [9.17, 15) is 4.79 Å². The minimum atomic E-state index is 0.410. The predicted octanol–water partition coefficient (Wildman–Crippen LogP) is 1.78. The van der Waals surface area contributed by atoms with E-state index in [1.807, 2.05) is 0 Å². The fourth-order valence-corrected chi connectivity index (χ4v) is 3.90. The Hall–Kier alpha value is -0.570. The monoisotopic (exact) mass is 236 g/mol. The van der Waals surface area contributed by atoms with Crippen LogP contribution in [-0.4, -0.2) is 36.5 Å². The minimum absolute atomic E-state index is 0.410. The maximum absolute atomic E-state index is 12.1. The highest BCUT2D eigenvalue weighted by atomic mass is 16.2. The number of nitrogens with one attached hydrogen (secondary N) is 1. The molecule has 3 atom stereocenters. The molecule has 0 aromatic rings. The van der Waals surface area contributed by atoms with Gasteiger partial charge in [0.1, 0.15) is 0 Å². The van der Waals surface area contributed by atoms with Crippen LogP contribution >= 0.6 is 0 Å². The zero-order chi connectivity index (χ0) is 11.7. The Kier molecular flexibility index (Phi) is 3.37. The van der Waals surface area contributed by atoms with Gasteiger partial charge in [-0.2, -0.15) is 0 Å². The van der Waals surface area contributed by atoms with E-state index >= 15 is 0 Å². The van der Waals surface area contributed by atoms with Crippen LogP contribution in [0.25, 0.3) is 0 Å². The summed E-state index contributed by atoms with van der Waals surface area (Å²) in [5.74, 6) is 2.08. The number of carbonyl (C=O) groups excluding carboxylic acids is 1. The molecule has 3 rings (SSSR count). The summed E-state index contributed by atoms with van der Waals surface area (Å²) >= 11 is 0. The minimum Gasteiger partial charge on any atom is -0.342 e. The lowest BCUT2D eigenvalue weighted by Crippen LogP contribution is -2.31. The highest BCUT2D eigenvalue weighted by Crippen LogP contribution is 2.37. The average molecular weight is 236 g/mol. The van der Waals surface area contributed by atoms with Crippen molar-refractivity contribution in [2.24, 2.45) is 11.8 Å². The van der Waals surface area contributed by atoms with Crippen LogP contribution in [0.1, 0.15) is 44.9 Å². The molecule has 0 aromatic heterocycles. The Morgan fingerprint density at radius 1 is 1.12 bits per heavy atom. The fourth-order valence-electron chi connectivity index (χ4n) is 3.90. The first-order valence-electron chi connectivity index (χ1n) is 7.34. The predicted molar refractivity (Wildman–Crippen MR) is 67.7 cm³/mol. The molecule has 17 heavy (non-hydrogen) atoms. The van der Waals surface area contributed by atoms with Gasteiger partial charge in [0, 0.05) is 25.6 Å². The van der Waals surface area contributed by atoms with E-state index in [1.54, 1.807) is 0 Å². The number of rotatable bonds is 3. The molecule has 2 saturated heterocycles. The molecule has 3 heteroatoms. The molecule has 3 nitrogen and oxygen atoms in total. The molecule has 2 aliphatic heterocycles. The molecular formula is C14H24N2O. The lowest BCUT2D eigenvalue weighted by atomic mass is 10.0. The molecule has 3 unspecified atom stereocenters. The Morgan fingerprint density at radius 3 is 2.53 bits per heavy atom. The van der Waals surface area contributed by atoms with Crippen LogP contribution in [0.4, 0.5) is 0 Å². The van der Waals surface area contributed by atoms with Gasteiger partial charge in [-0.05, 0) is 50.5 Å². The quantitative estimate of drug-likeness (QED) is 0.810. The van der Waals surface area contributed by atoms with E-state index in [0.717, 1.165) is 44.3 Å². The summed E-state index contributed by atoms with van der Waals surface area (Å²) in [6, 6.07) is 0.612. The first-order chi connectivity index (χ1) is 8.33. The lowest BCUT2D eigenvalue weighted by Gasteiger charge is -2.18. The van der Waals surface area contributed by atoms with E-state index in [-0.39, 0.29) is 0 Å². The van der Waals surface area contributed by atoms with Crippen LogP contribution in [0.2, 0.25) is 0 Å². The van der Waals surface area contributed by atoms with Crippen LogP contribution in [0.15, 0.2) is 0 Å². The Balaban J connectivity index is 1.43. The smallest absolute Gasteiger partial charge is 0.222 e. The molecule has 0 spiro atoms. The third kappa shape index (κ3) is 2.49. The topological polar surface area (TPSA) is 32.3 Å². The lowest BCUT2D eigenvalue weighted by molar-refractivity contribution is -0.130. The molecule has 1 saturated carbocycles. The highest BCUT2D eigenvalue weighted by molar-refractivity contribution is 5.76. The Morgan fingerprint density at radius 2 is 1.88 bits per heavy atom. The van der Waals surface area contributed by atoms with Gasteiger partial charge in [-0.3, -0.25) is 4.79 Å². The SMILES string of the molecule is O=C(CCC1CCCN1)N1CC2CCCC2C1. The molecule has 3 fully saturated rings. The van der Waals surface area contributed by atoms with Crippen molar-refractivity contribution >= 4 is 5.91 Å². The summed E-state index contributed by atoms with van der Waals surface area (Å²) < 4.78 is 0. The van der Waals surface area contributed by atoms with E-state index in [2.05, 4.69) is 10.2 Å². The zero-order valence-electron chi connectivity index (χ0n) is 10.7. The zero-order valence-corrected chi connectivity index (χ0v) is 10.7. The van der Waals surface area contributed by atoms with Crippen molar-refractivity contribution in [3.63, 3.8) is 0 Å². The van der Waals surface area contributed by atoms with Gasteiger partial charge >= 0.3 is 0 Å². The molecule has 3 aliphatic rings. The number of nitrogens with zero attached hydrogens (tertiary/aromatic N) is 1. The van der Waals surface area contributed by atoms with Crippen molar-refractivity contribution in [3.05, 3.63) is 0 Å². The number of carbonyl (C=O) groups is 1. The molecular weight excluding hydrogens is 212 g/mol. The molecule has 1 N–H and O–H groups in total. The van der Waals surface area contributed by atoms with Crippen LogP contribution in [-0.2, 0) is 4.79 Å². The number of fused-ring (bicyclic) bond motifs is 1. The second-order valence-corrected chi connectivity index (χ2v) is 6.08. The van der Waals surface area contributed by atoms with Crippen molar-refractivity contribution < 1.29 is 4.79 Å². The van der Waals surface area contributed by atoms with E-state index in [4.69, 9.17) is 0 Å². The van der Waals surface area contributed by atoms with Gasteiger partial charge in [0.05, 0.1) is 0 Å². The van der Waals surface area contributed by atoms with E-state index in [0.29, 0.717) is 11.9 Å². The summed E-state index contributed by atoms with van der Waals surface area (Å²) in [5.41, 5.74) is 0. The summed E-state index contributed by atoms with van der Waals surface area (Å²) in [6.45, 7) is 3.26. The first kappa shape index (κ1) is 11.5. The number of hydrogen-bond acceptors (Lipinski definition) is 2. The summed E-state index contributed by atoms with van der Waals surface area (Å²) in [7, 11) is 0. The third-order valence-electron chi connectivity index (χ3n) is 4.95. The molecule has 1 aliphatic carbocycles. The van der Waals surface area contributed by atoms with E-state index in [1.165, 1.54) is 32.1 Å². The number of amides is 1. The van der Waals surface area contributed by atoms with Gasteiger partial charge in [-0.1, -0.05) is 6.42 Å². The van der Waals surface area contributed by atoms with Gasteiger partial charge < -0.3 is 10.2 Å². The third-order valence-corrected chi connectivity index (χ3v) is 4.95. The van der Waals surface area contributed by atoms with Crippen molar-refractivity contribution in [2.75, 3.05) is 19.6 Å². The standard InChI is InChI=1S/C14H24N2O/c17-14(7-6-13-5-2-8-15-13)16-9-11-3-1-4-12(11)10-16/h11-13,15H,1-10H2. The van der Waals surface area contributed by atoms with Gasteiger partial charge in [-0.25, -0.2) is 0 Å². The second kappa shape index (κ2) is 4.97. The average Bonchev–Trinajstić information content (AvgIpc) is 3.01. The summed E-state index contributed by atoms with van der Waals surface area (Å²) in [4.78, 5) is 14.3. The maximum Gasteiger partial charge on any atom is 0.222 e. The van der Waals surface area contributed by atoms with Gasteiger partial charge in [0.15, 0.2) is 0 Å². The van der Waals surface area contributed by atoms with Crippen LogP contribution in [0.5, 0.6) is 0 Å². The second-order valence-electron chi connectivity index (χ2n) is 6.08. The molecule has 96 valence electrons. The largest absolute Gasteiger partial charge is 0.342 e. The molecule has 1 amide bonds. The summed E-state index contributed by atoms with van der Waals surface area (Å²) in [6.07, 6.45) is 8.47.